The van der Waals surface area contributed by atoms with Crippen LogP contribution < -0.4 is 0 Å². The molecule has 4 heteroatoms. The van der Waals surface area contributed by atoms with Crippen molar-refractivity contribution in [2.75, 3.05) is 0 Å². The average molecular weight is 380 g/mol. The van der Waals surface area contributed by atoms with Crippen molar-refractivity contribution in [2.24, 2.45) is 0 Å². The number of fused-ring (bicyclic) bond motifs is 1. The smallest absolute Gasteiger partial charge is 0.673 e. The molecule has 1 aromatic rings. The Morgan fingerprint density at radius 2 is 1.25 bits per heavy atom. The zero-order valence-electron chi connectivity index (χ0n) is 17.0. The molecule has 0 saturated carbocycles. The van der Waals surface area contributed by atoms with E-state index < -0.39 is 8.80 Å². The fourth-order valence-corrected chi connectivity index (χ4v) is 4.56. The van der Waals surface area contributed by atoms with Crippen LogP contribution in [0.2, 0.25) is 13.1 Å². The normalized spacial score (nSPS) is 16.0. The number of benzene rings is 1. The number of rotatable bonds is 1. The molecule has 2 nitrogen and oxygen atoms in total. The number of hydrogen-bond acceptors (Lipinski definition) is 0. The van der Waals surface area contributed by atoms with Crippen LogP contribution in [0.4, 0.5) is 0 Å². The second-order valence-electron chi connectivity index (χ2n) is 8.74. The molecule has 0 aliphatic heterocycles. The van der Waals surface area contributed by atoms with Crippen LogP contribution in [0.5, 0.6) is 0 Å². The van der Waals surface area contributed by atoms with Crippen LogP contribution in [0.15, 0.2) is 29.8 Å². The minimum atomic E-state index is -0.586. The van der Waals surface area contributed by atoms with Crippen LogP contribution in [-0.4, -0.2) is 19.9 Å². The van der Waals surface area contributed by atoms with Crippen LogP contribution in [-0.2, 0) is 21.7 Å². The molecule has 0 heterocycles. The summed E-state index contributed by atoms with van der Waals surface area (Å²) in [6.45, 7) is 18.3. The maximum Gasteiger partial charge on any atom is 2.00 e. The van der Waals surface area contributed by atoms with Crippen molar-refractivity contribution in [2.45, 2.75) is 78.2 Å². The van der Waals surface area contributed by atoms with Gasteiger partial charge in [0.25, 0.3) is 0 Å². The first kappa shape index (κ1) is 26.0. The minimum Gasteiger partial charge on any atom is -0.673 e. The summed E-state index contributed by atoms with van der Waals surface area (Å²) in [7, 11) is -0.586. The van der Waals surface area contributed by atoms with Crippen molar-refractivity contribution >= 4 is 14.9 Å². The summed E-state index contributed by atoms with van der Waals surface area (Å²) in [5.41, 5.74) is 18.8. The van der Waals surface area contributed by atoms with Crippen molar-refractivity contribution in [3.63, 3.8) is 0 Å². The van der Waals surface area contributed by atoms with Gasteiger partial charge in [-0.15, -0.1) is 11.1 Å². The summed E-state index contributed by atoms with van der Waals surface area (Å²) in [4.78, 5) is 0. The first-order valence-corrected chi connectivity index (χ1v) is 11.4. The topological polar surface area (TPSA) is 47.6 Å². The Hall–Kier alpha value is -0.189. The van der Waals surface area contributed by atoms with Crippen molar-refractivity contribution < 1.29 is 21.7 Å². The third-order valence-electron chi connectivity index (χ3n) is 2.87. The monoisotopic (exact) mass is 380 g/mol. The Bertz CT molecular complexity index is 487. The quantitative estimate of drug-likeness (QED) is 0.477. The zero-order valence-corrected chi connectivity index (χ0v) is 19.8. The molecule has 0 radical (unpaired) electrons. The Kier molecular flexibility index (Phi) is 11.6. The average Bonchev–Trinajstić information content (AvgIpc) is 2.59. The first-order valence-electron chi connectivity index (χ1n) is 8.47. The van der Waals surface area contributed by atoms with E-state index in [1.807, 2.05) is 41.5 Å². The van der Waals surface area contributed by atoms with Gasteiger partial charge in [0.05, 0.1) is 0 Å². The molecular formula is C20H36N2SiTi. The second kappa shape index (κ2) is 10.7. The van der Waals surface area contributed by atoms with Gasteiger partial charge in [-0.2, -0.15) is 0 Å². The Morgan fingerprint density at radius 1 is 0.875 bits per heavy atom. The molecule has 0 saturated heterocycles. The predicted octanol–water partition coefficient (Wildman–Crippen LogP) is 6.88. The summed E-state index contributed by atoms with van der Waals surface area (Å²) < 4.78 is 0. The largest absolute Gasteiger partial charge is 2.00 e. The van der Waals surface area contributed by atoms with E-state index in [2.05, 4.69) is 50.4 Å². The molecule has 1 unspecified atom stereocenters. The molecule has 2 rings (SSSR count). The molecular weight excluding hydrogens is 344 g/mol. The molecule has 0 bridgehead atoms. The third kappa shape index (κ3) is 13.1. The van der Waals surface area contributed by atoms with E-state index >= 15 is 0 Å². The van der Waals surface area contributed by atoms with Crippen LogP contribution in [0.3, 0.4) is 0 Å². The number of nitrogens with one attached hydrogen (secondary N) is 2. The fourth-order valence-electron chi connectivity index (χ4n) is 2.39. The Morgan fingerprint density at radius 3 is 1.62 bits per heavy atom. The standard InChI is InChI=1S/C12H16Si.2C4H10N.Ti/c1-9-8-10-6-4-5-7-11(10)12(9)13(2)3;2*1-4(2,3)5;/h4-8,12-13H,1-3H3;2*5H,1-3H3;/q;2*-1;+2. The number of allylic oxidation sites excluding steroid dienone is 1. The van der Waals surface area contributed by atoms with Crippen LogP contribution in [0.1, 0.15) is 65.1 Å². The van der Waals surface area contributed by atoms with E-state index in [4.69, 9.17) is 11.5 Å². The van der Waals surface area contributed by atoms with E-state index in [1.54, 1.807) is 11.1 Å². The maximum absolute atomic E-state index is 6.94. The SMILES string of the molecule is CC(C)(C)[NH-].CC(C)(C)[NH-].CC1=Cc2ccccc2C1[SiH](C)C.[Ti+2]. The van der Waals surface area contributed by atoms with Gasteiger partial charge in [0.1, 0.15) is 0 Å². The van der Waals surface area contributed by atoms with E-state index in [-0.39, 0.29) is 32.8 Å². The van der Waals surface area contributed by atoms with E-state index in [9.17, 15) is 0 Å². The van der Waals surface area contributed by atoms with Gasteiger partial charge in [-0.25, -0.2) is 0 Å². The van der Waals surface area contributed by atoms with E-state index in [1.165, 1.54) is 5.56 Å². The molecule has 1 aliphatic carbocycles. The molecule has 1 aliphatic rings. The number of hydrogen-bond donors (Lipinski definition) is 0. The third-order valence-corrected chi connectivity index (χ3v) is 5.09. The molecule has 0 fully saturated rings. The van der Waals surface area contributed by atoms with Gasteiger partial charge >= 0.3 is 21.7 Å². The van der Waals surface area contributed by atoms with Gasteiger partial charge in [-0.3, -0.25) is 0 Å². The van der Waals surface area contributed by atoms with Gasteiger partial charge in [0.15, 0.2) is 0 Å². The van der Waals surface area contributed by atoms with E-state index in [0.29, 0.717) is 0 Å². The van der Waals surface area contributed by atoms with Gasteiger partial charge in [-0.05, 0) is 23.6 Å². The molecule has 0 spiro atoms. The van der Waals surface area contributed by atoms with Crippen LogP contribution in [0.25, 0.3) is 17.5 Å². The molecule has 1 aromatic carbocycles. The molecule has 24 heavy (non-hydrogen) atoms. The van der Waals surface area contributed by atoms with Crippen LogP contribution in [0, 0.1) is 0 Å². The summed E-state index contributed by atoms with van der Waals surface area (Å²) in [6.07, 6.45) is 2.35. The Balaban J connectivity index is 0. The molecule has 134 valence electrons. The molecule has 0 aromatic heterocycles. The fraction of sp³-hybridized carbons (Fsp3) is 0.600. The summed E-state index contributed by atoms with van der Waals surface area (Å²) in [5, 5.41) is 0. The Labute approximate surface area is 167 Å². The first-order chi connectivity index (χ1) is 10.2. The molecule has 2 N–H and O–H groups in total. The minimum absolute atomic E-state index is 0. The maximum atomic E-state index is 6.94. The van der Waals surface area contributed by atoms with Crippen molar-refractivity contribution in [1.82, 2.24) is 0 Å². The van der Waals surface area contributed by atoms with Gasteiger partial charge in [-0.1, -0.05) is 90.6 Å². The van der Waals surface area contributed by atoms with Gasteiger partial charge in [0.2, 0.25) is 0 Å². The van der Waals surface area contributed by atoms with Crippen molar-refractivity contribution in [1.29, 1.82) is 0 Å². The summed E-state index contributed by atoms with van der Waals surface area (Å²) >= 11 is 0. The van der Waals surface area contributed by atoms with Gasteiger partial charge < -0.3 is 11.5 Å². The van der Waals surface area contributed by atoms with Gasteiger partial charge in [0, 0.05) is 8.80 Å². The van der Waals surface area contributed by atoms with Crippen molar-refractivity contribution in [3.8, 4) is 0 Å². The summed E-state index contributed by atoms with van der Waals surface area (Å²) in [5.74, 6) is 0. The molecule has 0 amide bonds. The van der Waals surface area contributed by atoms with Crippen LogP contribution >= 0.6 is 0 Å². The zero-order chi connectivity index (χ0) is 18.4. The molecule has 1 atom stereocenters. The second-order valence-corrected chi connectivity index (χ2v) is 11.9. The van der Waals surface area contributed by atoms with E-state index in [0.717, 1.165) is 5.54 Å². The van der Waals surface area contributed by atoms with Crippen molar-refractivity contribution in [3.05, 3.63) is 52.4 Å². The predicted molar refractivity (Wildman–Crippen MR) is 110 cm³/mol. The summed E-state index contributed by atoms with van der Waals surface area (Å²) in [6, 6.07) is 8.82.